The summed E-state index contributed by atoms with van der Waals surface area (Å²) in [7, 11) is 0. The molecule has 0 aromatic heterocycles. The average Bonchev–Trinajstić information content (AvgIpc) is 3.36. The first-order chi connectivity index (χ1) is 36.4. The molecule has 0 aliphatic carbocycles. The molecule has 20 N–H and O–H groups in total. The van der Waals surface area contributed by atoms with Crippen molar-refractivity contribution in [2.45, 2.75) is 80.1 Å². The second-order valence-corrected chi connectivity index (χ2v) is 16.5. The van der Waals surface area contributed by atoms with Crippen LogP contribution in [0.5, 0.6) is 23.0 Å². The Kier molecular flexibility index (Phi) is 26.0. The second kappa shape index (κ2) is 32.3. The van der Waals surface area contributed by atoms with Crippen LogP contribution in [0.1, 0.15) is 78.4 Å². The molecule has 4 rings (SSSR count). The van der Waals surface area contributed by atoms with Gasteiger partial charge in [-0.25, -0.2) is 0 Å². The Morgan fingerprint density at radius 2 is 0.684 bits per heavy atom. The molecule has 0 fully saturated rings. The van der Waals surface area contributed by atoms with E-state index in [-0.39, 0.29) is 60.8 Å². The molecule has 4 aromatic rings. The van der Waals surface area contributed by atoms with Gasteiger partial charge in [0.25, 0.3) is 0 Å². The number of benzene rings is 4. The van der Waals surface area contributed by atoms with Crippen LogP contribution in [0.15, 0.2) is 105 Å². The largest absolute Gasteiger partial charge is 0.494 e. The van der Waals surface area contributed by atoms with Gasteiger partial charge < -0.3 is 84.4 Å². The van der Waals surface area contributed by atoms with Gasteiger partial charge in [-0.3, -0.25) is 21.6 Å². The van der Waals surface area contributed by atoms with Crippen LogP contribution in [0, 0.1) is 21.6 Å². The smallest absolute Gasteiger partial charge is 0.225 e. The molecule has 0 amide bonds. The number of anilines is 4. The molecule has 412 valence electrons. The molecular weight excluding hydrogens is 969 g/mol. The predicted molar refractivity (Wildman–Crippen MR) is 311 cm³/mol. The maximum Gasteiger partial charge on any atom is 0.225 e. The highest BCUT2D eigenvalue weighted by Gasteiger charge is 2.25. The first kappa shape index (κ1) is 61.3. The molecule has 76 heavy (non-hydrogen) atoms. The van der Waals surface area contributed by atoms with Crippen LogP contribution >= 0.6 is 0 Å². The van der Waals surface area contributed by atoms with Gasteiger partial charge in [0.1, 0.15) is 23.0 Å². The fraction of sp³-hybridized carbons (Fsp3) is 0.385. The average molecular weight is 1050 g/mol. The van der Waals surface area contributed by atoms with Gasteiger partial charge in [-0.1, -0.05) is 63.1 Å². The summed E-state index contributed by atoms with van der Waals surface area (Å²) in [5.41, 5.74) is 49.8. The van der Waals surface area contributed by atoms with Crippen molar-refractivity contribution in [2.24, 2.45) is 65.8 Å². The van der Waals surface area contributed by atoms with Gasteiger partial charge in [0.15, 0.2) is 23.8 Å². The quantitative estimate of drug-likeness (QED) is 0.0320. The zero-order valence-electron chi connectivity index (χ0n) is 44.8. The van der Waals surface area contributed by atoms with Gasteiger partial charge in [-0.2, -0.15) is 20.0 Å². The molecule has 0 heterocycles. The lowest BCUT2D eigenvalue weighted by Crippen LogP contribution is -2.42. The van der Waals surface area contributed by atoms with Crippen molar-refractivity contribution in [1.82, 2.24) is 0 Å². The molecule has 0 saturated heterocycles. The summed E-state index contributed by atoms with van der Waals surface area (Å²) in [6.07, 6.45) is 5.88. The van der Waals surface area contributed by atoms with Crippen molar-refractivity contribution in [3.8, 4) is 23.0 Å². The summed E-state index contributed by atoms with van der Waals surface area (Å²) in [5, 5.41) is 34.6. The summed E-state index contributed by atoms with van der Waals surface area (Å²) in [4.78, 5) is 22.6. The molecular formula is C52H80N20O4. The van der Waals surface area contributed by atoms with E-state index in [0.717, 1.165) is 61.0 Å². The third kappa shape index (κ3) is 19.5. The molecule has 0 atom stereocenters. The van der Waals surface area contributed by atoms with E-state index in [4.69, 9.17) is 86.5 Å². The third-order valence-corrected chi connectivity index (χ3v) is 10.9. The number of rotatable bonds is 24. The molecule has 0 saturated carbocycles. The molecule has 4 aromatic carbocycles. The fourth-order valence-electron chi connectivity index (χ4n) is 7.68. The number of hydrogen-bond donors (Lipinski definition) is 12. The highest BCUT2D eigenvalue weighted by molar-refractivity contribution is 6.05. The van der Waals surface area contributed by atoms with Crippen molar-refractivity contribution in [3.05, 3.63) is 96.1 Å². The van der Waals surface area contributed by atoms with E-state index in [1.165, 1.54) is 9.80 Å². The van der Waals surface area contributed by atoms with E-state index in [1.807, 2.05) is 64.1 Å². The van der Waals surface area contributed by atoms with Crippen LogP contribution in [-0.4, -0.2) is 100 Å². The van der Waals surface area contributed by atoms with Crippen LogP contribution < -0.4 is 84.4 Å². The summed E-state index contributed by atoms with van der Waals surface area (Å²) in [6.45, 7) is 14.2. The zero-order valence-corrected chi connectivity index (χ0v) is 44.8. The lowest BCUT2D eigenvalue weighted by Gasteiger charge is -2.30. The number of nitrogens with one attached hydrogen (secondary N) is 4. The maximum atomic E-state index is 8.68. The molecule has 0 bridgehead atoms. The SMILES string of the molecule is CCCCc1ccccc1N(CCN(C(=N)N=C(N)N)c1ccccc1CCCC)C(=N)N=C(N)N.CCOc1ccc(OCC)c(N(CCN(C(=N)N=C(N)N)c2cc(OCC)ccc2OCC)C(=N)N=C(N)N)c1. The Morgan fingerprint density at radius 3 is 0.961 bits per heavy atom. The highest BCUT2D eigenvalue weighted by Crippen LogP contribution is 2.36. The van der Waals surface area contributed by atoms with Crippen LogP contribution in [0.2, 0.25) is 0 Å². The van der Waals surface area contributed by atoms with E-state index in [1.54, 1.807) is 46.2 Å². The first-order valence-electron chi connectivity index (χ1n) is 25.2. The Hall–Kier alpha value is -8.96. The standard InChI is InChI=1S/C26H40N10O4.C26H40N10/c1-5-37-17-9-11-21(39-7-3)19(15-17)35(25(31)33-23(27)28)13-14-36(26(32)34-24(29)30)20-16-18(38-6-2)10-12-22(20)40-8-4;1-3-5-11-19-13-7-9-15-21(19)35(25(31)33-23(27)28)17-18-36(26(32)34-24(29)30)22-16-10-8-14-20(22)12-6-4-2/h9-12,15-16H,5-8,13-14H2,1-4H3,(H5,27,28,31,33)(H5,29,30,32,34);7-10,13-16H,3-6,11-12,17-18H2,1-2H3,(H5,27,28,31,33)(H5,29,30,32,34). The number of nitrogens with two attached hydrogens (primary N) is 8. The number of hydrogen-bond acceptors (Lipinski definition) is 8. The summed E-state index contributed by atoms with van der Waals surface area (Å²) < 4.78 is 23.1. The molecule has 0 radical (unpaired) electrons. The highest BCUT2D eigenvalue weighted by atomic mass is 16.5. The monoisotopic (exact) mass is 1050 g/mol. The number of guanidine groups is 8. The molecule has 0 unspecified atom stereocenters. The van der Waals surface area contributed by atoms with Gasteiger partial charge in [0.05, 0.1) is 37.8 Å². The van der Waals surface area contributed by atoms with E-state index >= 15 is 0 Å². The van der Waals surface area contributed by atoms with Crippen molar-refractivity contribution in [3.63, 3.8) is 0 Å². The zero-order chi connectivity index (χ0) is 56.2. The molecule has 24 heteroatoms. The maximum absolute atomic E-state index is 8.68. The molecule has 24 nitrogen and oxygen atoms in total. The molecule has 0 aliphatic rings. The molecule has 0 spiro atoms. The molecule has 0 aliphatic heterocycles. The van der Waals surface area contributed by atoms with Crippen molar-refractivity contribution in [2.75, 3.05) is 72.2 Å². The number of para-hydroxylation sites is 2. The lowest BCUT2D eigenvalue weighted by molar-refractivity contribution is 0.331. The van der Waals surface area contributed by atoms with Gasteiger partial charge in [-0.15, -0.1) is 0 Å². The minimum absolute atomic E-state index is 0.0773. The number of ether oxygens (including phenoxy) is 4. The van der Waals surface area contributed by atoms with Crippen molar-refractivity contribution in [1.29, 1.82) is 21.6 Å². The van der Waals surface area contributed by atoms with Gasteiger partial charge in [0, 0.05) is 49.7 Å². The van der Waals surface area contributed by atoms with E-state index in [0.29, 0.717) is 73.9 Å². The summed E-state index contributed by atoms with van der Waals surface area (Å²) >= 11 is 0. The lowest BCUT2D eigenvalue weighted by atomic mass is 10.0. The van der Waals surface area contributed by atoms with Gasteiger partial charge in [-0.05, 0) is 101 Å². The van der Waals surface area contributed by atoms with Gasteiger partial charge in [0.2, 0.25) is 23.8 Å². The number of unbranched alkanes of at least 4 members (excludes halogenated alkanes) is 2. The topological polar surface area (TPSA) is 403 Å². The Balaban J connectivity index is 0.000000402. The Bertz CT molecular complexity index is 2460. The minimum Gasteiger partial charge on any atom is -0.494 e. The van der Waals surface area contributed by atoms with Crippen LogP contribution in [0.4, 0.5) is 22.7 Å². The van der Waals surface area contributed by atoms with E-state index in [9.17, 15) is 0 Å². The Morgan fingerprint density at radius 1 is 0.395 bits per heavy atom. The van der Waals surface area contributed by atoms with E-state index < -0.39 is 0 Å². The first-order valence-corrected chi connectivity index (χ1v) is 25.2. The van der Waals surface area contributed by atoms with Crippen LogP contribution in [-0.2, 0) is 12.8 Å². The normalized spacial score (nSPS) is 10.3. The van der Waals surface area contributed by atoms with Gasteiger partial charge >= 0.3 is 0 Å². The summed E-state index contributed by atoms with van der Waals surface area (Å²) in [5.74, 6) is 0.487. The number of aryl methyl sites for hydroxylation is 2. The predicted octanol–water partition coefficient (Wildman–Crippen LogP) is 5.11. The number of nitrogens with zero attached hydrogens (tertiary/aromatic N) is 8. The Labute approximate surface area is 446 Å². The minimum atomic E-state index is -0.290. The fourth-order valence-corrected chi connectivity index (χ4v) is 7.68. The van der Waals surface area contributed by atoms with Crippen LogP contribution in [0.3, 0.4) is 0 Å². The van der Waals surface area contributed by atoms with Crippen molar-refractivity contribution < 1.29 is 18.9 Å². The van der Waals surface area contributed by atoms with E-state index in [2.05, 4.69) is 45.9 Å². The van der Waals surface area contributed by atoms with Crippen molar-refractivity contribution >= 4 is 70.4 Å². The third-order valence-electron chi connectivity index (χ3n) is 10.9. The second-order valence-electron chi connectivity index (χ2n) is 16.5. The van der Waals surface area contributed by atoms with Crippen LogP contribution in [0.25, 0.3) is 0 Å². The number of aliphatic imine (C=N–C) groups is 4. The summed E-state index contributed by atoms with van der Waals surface area (Å²) in [6, 6.07) is 26.4.